The summed E-state index contributed by atoms with van der Waals surface area (Å²) >= 11 is 0. The summed E-state index contributed by atoms with van der Waals surface area (Å²) < 4.78 is 0. The molecule has 1 aromatic carbocycles. The first-order valence-corrected chi connectivity index (χ1v) is 4.65. The topological polar surface area (TPSA) is 49.3 Å². The predicted octanol–water partition coefficient (Wildman–Crippen LogP) is 0.726. The van der Waals surface area contributed by atoms with E-state index in [1.807, 2.05) is 30.3 Å². The van der Waals surface area contributed by atoms with E-state index in [0.717, 1.165) is 5.56 Å². The first kappa shape index (κ1) is 10.7. The standard InChI is InChI=1S/C11H15NO2/c1-9(13)12-8-11(14)7-10-5-3-2-4-6-10/h2-6,11,14H,7-8H2,1H3,(H,12,13)/t11-/m0/s1. The zero-order chi connectivity index (χ0) is 10.4. The number of hydrogen-bond acceptors (Lipinski definition) is 2. The first-order chi connectivity index (χ1) is 6.68. The van der Waals surface area contributed by atoms with Crippen LogP contribution in [-0.4, -0.2) is 23.7 Å². The quantitative estimate of drug-likeness (QED) is 0.740. The Kier molecular flexibility index (Phi) is 4.13. The number of rotatable bonds is 4. The molecular formula is C11H15NO2. The second-order valence-electron chi connectivity index (χ2n) is 3.28. The van der Waals surface area contributed by atoms with Gasteiger partial charge in [-0.2, -0.15) is 0 Å². The van der Waals surface area contributed by atoms with Gasteiger partial charge >= 0.3 is 0 Å². The number of nitrogens with one attached hydrogen (secondary N) is 1. The lowest BCUT2D eigenvalue weighted by atomic mass is 10.1. The Balaban J connectivity index is 2.34. The van der Waals surface area contributed by atoms with Crippen LogP contribution in [0.1, 0.15) is 12.5 Å². The molecule has 1 atom stereocenters. The van der Waals surface area contributed by atoms with Gasteiger partial charge < -0.3 is 10.4 Å². The van der Waals surface area contributed by atoms with Gasteiger partial charge in [-0.1, -0.05) is 30.3 Å². The van der Waals surface area contributed by atoms with Gasteiger partial charge in [0.05, 0.1) is 6.10 Å². The fraction of sp³-hybridized carbons (Fsp3) is 0.364. The molecule has 0 heterocycles. The Bertz CT molecular complexity index is 285. The van der Waals surface area contributed by atoms with Crippen molar-refractivity contribution < 1.29 is 9.90 Å². The van der Waals surface area contributed by atoms with E-state index in [9.17, 15) is 9.90 Å². The zero-order valence-corrected chi connectivity index (χ0v) is 8.23. The van der Waals surface area contributed by atoms with Crippen LogP contribution in [0.2, 0.25) is 0 Å². The van der Waals surface area contributed by atoms with Crippen LogP contribution in [0.15, 0.2) is 30.3 Å². The van der Waals surface area contributed by atoms with Gasteiger partial charge in [0.2, 0.25) is 5.91 Å². The van der Waals surface area contributed by atoms with Crippen LogP contribution in [0.5, 0.6) is 0 Å². The molecule has 1 rings (SSSR count). The molecule has 14 heavy (non-hydrogen) atoms. The number of carbonyl (C=O) groups is 1. The van der Waals surface area contributed by atoms with E-state index in [-0.39, 0.29) is 5.91 Å². The molecule has 0 radical (unpaired) electrons. The summed E-state index contributed by atoms with van der Waals surface area (Å²) in [5, 5.41) is 12.1. The highest BCUT2D eigenvalue weighted by atomic mass is 16.3. The molecule has 0 aromatic heterocycles. The van der Waals surface area contributed by atoms with Crippen molar-refractivity contribution in [3.63, 3.8) is 0 Å². The second-order valence-corrected chi connectivity index (χ2v) is 3.28. The van der Waals surface area contributed by atoms with Crippen LogP contribution < -0.4 is 5.32 Å². The minimum Gasteiger partial charge on any atom is -0.391 e. The van der Waals surface area contributed by atoms with E-state index in [0.29, 0.717) is 13.0 Å². The summed E-state index contributed by atoms with van der Waals surface area (Å²) in [5.41, 5.74) is 1.07. The van der Waals surface area contributed by atoms with Crippen molar-refractivity contribution in [1.82, 2.24) is 5.32 Å². The molecule has 0 bridgehead atoms. The van der Waals surface area contributed by atoms with E-state index in [4.69, 9.17) is 0 Å². The lowest BCUT2D eigenvalue weighted by Crippen LogP contribution is -2.31. The smallest absolute Gasteiger partial charge is 0.216 e. The van der Waals surface area contributed by atoms with Crippen LogP contribution in [0, 0.1) is 0 Å². The Hall–Kier alpha value is -1.35. The number of hydrogen-bond donors (Lipinski definition) is 2. The molecule has 1 aromatic rings. The zero-order valence-electron chi connectivity index (χ0n) is 8.23. The maximum atomic E-state index is 10.6. The Morgan fingerprint density at radius 1 is 1.43 bits per heavy atom. The summed E-state index contributed by atoms with van der Waals surface area (Å²) in [5.74, 6) is -0.114. The van der Waals surface area contributed by atoms with Crippen LogP contribution in [0.3, 0.4) is 0 Å². The average molecular weight is 193 g/mol. The molecule has 0 saturated carbocycles. The highest BCUT2D eigenvalue weighted by Gasteiger charge is 2.05. The highest BCUT2D eigenvalue weighted by Crippen LogP contribution is 2.02. The van der Waals surface area contributed by atoms with Crippen molar-refractivity contribution in [2.75, 3.05) is 6.54 Å². The maximum absolute atomic E-state index is 10.6. The van der Waals surface area contributed by atoms with Crippen molar-refractivity contribution in [1.29, 1.82) is 0 Å². The highest BCUT2D eigenvalue weighted by molar-refractivity contribution is 5.72. The van der Waals surface area contributed by atoms with Gasteiger partial charge in [0, 0.05) is 19.9 Å². The molecule has 3 nitrogen and oxygen atoms in total. The van der Waals surface area contributed by atoms with Gasteiger partial charge in [-0.05, 0) is 5.56 Å². The molecule has 0 unspecified atom stereocenters. The van der Waals surface area contributed by atoms with Gasteiger partial charge in [0.15, 0.2) is 0 Å². The number of amides is 1. The van der Waals surface area contributed by atoms with Gasteiger partial charge in [-0.3, -0.25) is 4.79 Å². The molecule has 0 saturated heterocycles. The largest absolute Gasteiger partial charge is 0.391 e. The monoisotopic (exact) mass is 193 g/mol. The molecule has 0 fully saturated rings. The summed E-state index contributed by atoms with van der Waals surface area (Å²) in [6.07, 6.45) is 0.0579. The van der Waals surface area contributed by atoms with Gasteiger partial charge in [0.25, 0.3) is 0 Å². The van der Waals surface area contributed by atoms with Crippen LogP contribution in [-0.2, 0) is 11.2 Å². The van der Waals surface area contributed by atoms with E-state index >= 15 is 0 Å². The fourth-order valence-electron chi connectivity index (χ4n) is 1.22. The summed E-state index contributed by atoms with van der Waals surface area (Å²) in [4.78, 5) is 10.6. The Morgan fingerprint density at radius 3 is 2.64 bits per heavy atom. The molecule has 0 spiro atoms. The van der Waals surface area contributed by atoms with Gasteiger partial charge in [0.1, 0.15) is 0 Å². The molecule has 2 N–H and O–H groups in total. The number of benzene rings is 1. The van der Waals surface area contributed by atoms with Gasteiger partial charge in [-0.15, -0.1) is 0 Å². The van der Waals surface area contributed by atoms with Gasteiger partial charge in [-0.25, -0.2) is 0 Å². The summed E-state index contributed by atoms with van der Waals surface area (Å²) in [6, 6.07) is 9.71. The lowest BCUT2D eigenvalue weighted by Gasteiger charge is -2.10. The van der Waals surface area contributed by atoms with E-state index in [2.05, 4.69) is 5.32 Å². The Labute approximate surface area is 83.8 Å². The van der Waals surface area contributed by atoms with Crippen molar-refractivity contribution in [2.45, 2.75) is 19.4 Å². The molecule has 1 amide bonds. The number of aliphatic hydroxyl groups excluding tert-OH is 1. The third kappa shape index (κ3) is 4.05. The van der Waals surface area contributed by atoms with E-state index in [1.165, 1.54) is 6.92 Å². The maximum Gasteiger partial charge on any atom is 0.216 e. The fourth-order valence-corrected chi connectivity index (χ4v) is 1.22. The molecule has 3 heteroatoms. The van der Waals surface area contributed by atoms with Crippen LogP contribution in [0.4, 0.5) is 0 Å². The second kappa shape index (κ2) is 5.40. The van der Waals surface area contributed by atoms with E-state index < -0.39 is 6.10 Å². The minimum atomic E-state index is -0.513. The Morgan fingerprint density at radius 2 is 2.07 bits per heavy atom. The molecule has 0 aliphatic rings. The third-order valence-corrected chi connectivity index (χ3v) is 1.90. The normalized spacial score (nSPS) is 12.1. The summed E-state index contributed by atoms with van der Waals surface area (Å²) in [6.45, 7) is 1.75. The number of carbonyl (C=O) groups excluding carboxylic acids is 1. The summed E-state index contributed by atoms with van der Waals surface area (Å²) in [7, 11) is 0. The van der Waals surface area contributed by atoms with Crippen LogP contribution in [0.25, 0.3) is 0 Å². The third-order valence-electron chi connectivity index (χ3n) is 1.90. The molecule has 0 aliphatic heterocycles. The molecule has 0 aliphatic carbocycles. The number of aliphatic hydroxyl groups is 1. The minimum absolute atomic E-state index is 0.114. The van der Waals surface area contributed by atoms with Crippen molar-refractivity contribution in [2.24, 2.45) is 0 Å². The van der Waals surface area contributed by atoms with Crippen molar-refractivity contribution >= 4 is 5.91 Å². The van der Waals surface area contributed by atoms with Crippen molar-refractivity contribution in [3.05, 3.63) is 35.9 Å². The average Bonchev–Trinajstić information content (AvgIpc) is 2.16. The van der Waals surface area contributed by atoms with E-state index in [1.54, 1.807) is 0 Å². The predicted molar refractivity (Wildman–Crippen MR) is 54.8 cm³/mol. The van der Waals surface area contributed by atoms with Crippen LogP contribution >= 0.6 is 0 Å². The molecular weight excluding hydrogens is 178 g/mol. The lowest BCUT2D eigenvalue weighted by molar-refractivity contribution is -0.119. The SMILES string of the molecule is CC(=O)NC[C@@H](O)Cc1ccccc1. The van der Waals surface area contributed by atoms with Crippen molar-refractivity contribution in [3.8, 4) is 0 Å². The first-order valence-electron chi connectivity index (χ1n) is 4.65. The molecule has 76 valence electrons.